The Balaban J connectivity index is 2.06. The molecule has 0 bridgehead atoms. The van der Waals surface area contributed by atoms with Crippen molar-refractivity contribution in [2.75, 3.05) is 0 Å². The molecule has 25 heavy (non-hydrogen) atoms. The van der Waals surface area contributed by atoms with Gasteiger partial charge < -0.3 is 4.74 Å². The topological polar surface area (TPSA) is 35.0 Å². The van der Waals surface area contributed by atoms with E-state index in [-0.39, 0.29) is 0 Å². The van der Waals surface area contributed by atoms with Gasteiger partial charge in [-0.1, -0.05) is 13.3 Å². The summed E-state index contributed by atoms with van der Waals surface area (Å²) in [6.45, 7) is 2.08. The first-order valence-corrected chi connectivity index (χ1v) is 7.74. The van der Waals surface area contributed by atoms with Crippen molar-refractivity contribution in [1.29, 1.82) is 0 Å². The van der Waals surface area contributed by atoms with E-state index in [0.717, 1.165) is 37.0 Å². The van der Waals surface area contributed by atoms with Gasteiger partial charge in [-0.3, -0.25) is 0 Å². The molecule has 1 aromatic carbocycles. The Morgan fingerprint density at radius 3 is 2.16 bits per heavy atom. The molecule has 0 aliphatic heterocycles. The summed E-state index contributed by atoms with van der Waals surface area (Å²) in [7, 11) is 0. The summed E-state index contributed by atoms with van der Waals surface area (Å²) >= 11 is 0. The Hall–Kier alpha value is -2.25. The molecule has 0 spiro atoms. The monoisotopic (exact) mass is 360 g/mol. The highest BCUT2D eigenvalue weighted by atomic mass is 19.3. The number of aromatic nitrogens is 2. The molecule has 1 heterocycles. The number of halogens is 5. The molecule has 0 amide bonds. The third kappa shape index (κ3) is 5.11. The van der Waals surface area contributed by atoms with E-state index in [4.69, 9.17) is 0 Å². The highest BCUT2D eigenvalue weighted by molar-refractivity contribution is 5.55. The van der Waals surface area contributed by atoms with E-state index in [1.54, 1.807) is 12.4 Å². The van der Waals surface area contributed by atoms with Crippen LogP contribution in [0.3, 0.4) is 0 Å². The van der Waals surface area contributed by atoms with E-state index in [0.29, 0.717) is 11.4 Å². The number of aryl methyl sites for hydroxylation is 1. The smallest absolute Gasteiger partial charge is 0.430 e. The van der Waals surface area contributed by atoms with Crippen LogP contribution < -0.4 is 4.74 Å². The zero-order valence-electron chi connectivity index (χ0n) is 13.4. The first-order chi connectivity index (χ1) is 11.8. The normalized spacial score (nSPS) is 13.1. The number of hydrogen-bond acceptors (Lipinski definition) is 3. The molecule has 8 heteroatoms. The van der Waals surface area contributed by atoms with E-state index < -0.39 is 24.5 Å². The standard InChI is InChI=1S/C17H17F5N2O/c1-2-3-4-11-9-23-16(24-10-11)12-5-7-13(8-6-12)25-17(21,22)14(18)15(19)20/h5-10,14-15H,2-4H2,1H3. The summed E-state index contributed by atoms with van der Waals surface area (Å²) in [4.78, 5) is 8.40. The van der Waals surface area contributed by atoms with E-state index in [1.807, 2.05) is 0 Å². The number of alkyl halides is 5. The molecule has 0 aliphatic rings. The lowest BCUT2D eigenvalue weighted by atomic mass is 10.1. The van der Waals surface area contributed by atoms with E-state index in [1.165, 1.54) is 12.1 Å². The molecule has 1 unspecified atom stereocenters. The first kappa shape index (κ1) is 19.1. The molecular weight excluding hydrogens is 343 g/mol. The van der Waals surface area contributed by atoms with Crippen molar-refractivity contribution in [1.82, 2.24) is 9.97 Å². The molecular formula is C17H17F5N2O. The summed E-state index contributed by atoms with van der Waals surface area (Å²) in [6, 6.07) is 5.02. The maximum atomic E-state index is 13.2. The van der Waals surface area contributed by atoms with Crippen LogP contribution in [0.4, 0.5) is 22.0 Å². The number of nitrogens with zero attached hydrogens (tertiary/aromatic N) is 2. The molecule has 3 nitrogen and oxygen atoms in total. The lowest BCUT2D eigenvalue weighted by molar-refractivity contribution is -0.244. The molecule has 0 saturated heterocycles. The SMILES string of the molecule is CCCCc1cnc(-c2ccc(OC(F)(F)C(F)C(F)F)cc2)nc1. The second-order valence-corrected chi connectivity index (χ2v) is 5.44. The number of ether oxygens (including phenoxy) is 1. The average Bonchev–Trinajstić information content (AvgIpc) is 2.60. The molecule has 0 saturated carbocycles. The lowest BCUT2D eigenvalue weighted by Crippen LogP contribution is -2.40. The highest BCUT2D eigenvalue weighted by Crippen LogP contribution is 2.30. The predicted molar refractivity (Wildman–Crippen MR) is 82.6 cm³/mol. The zero-order valence-corrected chi connectivity index (χ0v) is 13.4. The third-order valence-electron chi connectivity index (χ3n) is 3.43. The fraction of sp³-hybridized carbons (Fsp3) is 0.412. The van der Waals surface area contributed by atoms with E-state index in [2.05, 4.69) is 21.6 Å². The van der Waals surface area contributed by atoms with Gasteiger partial charge in [0.15, 0.2) is 5.82 Å². The van der Waals surface area contributed by atoms with Crippen molar-refractivity contribution in [2.24, 2.45) is 0 Å². The maximum Gasteiger partial charge on any atom is 0.435 e. The van der Waals surface area contributed by atoms with Crippen molar-refractivity contribution >= 4 is 0 Å². The van der Waals surface area contributed by atoms with Crippen LogP contribution in [0, 0.1) is 0 Å². The Morgan fingerprint density at radius 1 is 1.04 bits per heavy atom. The Labute approximate surface area is 141 Å². The minimum Gasteiger partial charge on any atom is -0.430 e. The van der Waals surface area contributed by atoms with E-state index in [9.17, 15) is 22.0 Å². The van der Waals surface area contributed by atoms with Crippen LogP contribution in [0.2, 0.25) is 0 Å². The third-order valence-corrected chi connectivity index (χ3v) is 3.43. The van der Waals surface area contributed by atoms with Crippen molar-refractivity contribution in [3.05, 3.63) is 42.2 Å². The van der Waals surface area contributed by atoms with Gasteiger partial charge in [-0.25, -0.2) is 23.1 Å². The molecule has 1 aromatic heterocycles. The minimum absolute atomic E-state index is 0.384. The number of benzene rings is 1. The first-order valence-electron chi connectivity index (χ1n) is 7.74. The summed E-state index contributed by atoms with van der Waals surface area (Å²) < 4.78 is 67.4. The van der Waals surface area contributed by atoms with Crippen LogP contribution in [0.25, 0.3) is 11.4 Å². The van der Waals surface area contributed by atoms with E-state index >= 15 is 0 Å². The van der Waals surface area contributed by atoms with Gasteiger partial charge in [0, 0.05) is 18.0 Å². The van der Waals surface area contributed by atoms with Gasteiger partial charge in [0.1, 0.15) is 5.75 Å². The fourth-order valence-electron chi connectivity index (χ4n) is 2.05. The van der Waals surface area contributed by atoms with Crippen molar-refractivity contribution in [3.63, 3.8) is 0 Å². The van der Waals surface area contributed by atoms with Crippen molar-refractivity contribution < 1.29 is 26.7 Å². The van der Waals surface area contributed by atoms with Crippen LogP contribution in [0.5, 0.6) is 5.75 Å². The Morgan fingerprint density at radius 2 is 1.64 bits per heavy atom. The average molecular weight is 360 g/mol. The predicted octanol–water partition coefficient (Wildman–Crippen LogP) is 5.06. The fourth-order valence-corrected chi connectivity index (χ4v) is 2.05. The number of unbranched alkanes of at least 4 members (excludes halogenated alkanes) is 1. The van der Waals surface area contributed by atoms with Crippen LogP contribution in [0.1, 0.15) is 25.3 Å². The molecule has 136 valence electrons. The van der Waals surface area contributed by atoms with Crippen LogP contribution in [-0.4, -0.2) is 28.7 Å². The second kappa shape index (κ2) is 8.22. The molecule has 2 aromatic rings. The molecule has 2 rings (SSSR count). The van der Waals surface area contributed by atoms with Crippen LogP contribution in [-0.2, 0) is 6.42 Å². The van der Waals surface area contributed by atoms with Crippen molar-refractivity contribution in [2.45, 2.75) is 44.9 Å². The largest absolute Gasteiger partial charge is 0.435 e. The summed E-state index contributed by atoms with van der Waals surface area (Å²) in [6.07, 6.45) is -5.84. The van der Waals surface area contributed by atoms with Crippen LogP contribution in [0.15, 0.2) is 36.7 Å². The summed E-state index contributed by atoms with van der Waals surface area (Å²) in [5, 5.41) is 0. The van der Waals surface area contributed by atoms with Gasteiger partial charge in [0.05, 0.1) is 0 Å². The second-order valence-electron chi connectivity index (χ2n) is 5.44. The van der Waals surface area contributed by atoms with Gasteiger partial charge in [-0.2, -0.15) is 8.78 Å². The van der Waals surface area contributed by atoms with Crippen molar-refractivity contribution in [3.8, 4) is 17.1 Å². The quantitative estimate of drug-likeness (QED) is 0.617. The molecule has 0 fully saturated rings. The van der Waals surface area contributed by atoms with Gasteiger partial charge in [0.2, 0.25) is 0 Å². The number of rotatable bonds is 8. The molecule has 1 atom stereocenters. The highest BCUT2D eigenvalue weighted by Gasteiger charge is 2.49. The van der Waals surface area contributed by atoms with Gasteiger partial charge in [-0.05, 0) is 42.7 Å². The lowest BCUT2D eigenvalue weighted by Gasteiger charge is -2.20. The van der Waals surface area contributed by atoms with Gasteiger partial charge >= 0.3 is 6.11 Å². The Bertz CT molecular complexity index is 662. The summed E-state index contributed by atoms with van der Waals surface area (Å²) in [5.74, 6) is -0.0499. The Kier molecular flexibility index (Phi) is 6.27. The minimum atomic E-state index is -4.62. The molecule has 0 N–H and O–H groups in total. The van der Waals surface area contributed by atoms with Crippen LogP contribution >= 0.6 is 0 Å². The maximum absolute atomic E-state index is 13.2. The molecule has 0 aliphatic carbocycles. The van der Waals surface area contributed by atoms with Gasteiger partial charge in [0.25, 0.3) is 12.6 Å². The van der Waals surface area contributed by atoms with Gasteiger partial charge in [-0.15, -0.1) is 0 Å². The summed E-state index contributed by atoms with van der Waals surface area (Å²) in [5.41, 5.74) is 1.52. The molecule has 0 radical (unpaired) electrons. The zero-order chi connectivity index (χ0) is 18.4. The number of hydrogen-bond donors (Lipinski definition) is 0.